The summed E-state index contributed by atoms with van der Waals surface area (Å²) >= 11 is 0. The average molecular weight is 232 g/mol. The lowest BCUT2D eigenvalue weighted by atomic mass is 9.71. The van der Waals surface area contributed by atoms with Crippen LogP contribution in [0.2, 0.25) is 5.82 Å². The second kappa shape index (κ2) is 3.42. The predicted octanol–water partition coefficient (Wildman–Crippen LogP) is 3.27. The molecule has 1 saturated carbocycles. The van der Waals surface area contributed by atoms with Gasteiger partial charge in [0, 0.05) is 12.8 Å². The quantitative estimate of drug-likeness (QED) is 0.646. The number of alkyl halides is 2. The zero-order valence-corrected chi connectivity index (χ0v) is 10.3. The molecule has 5 heteroatoms. The molecule has 0 amide bonds. The van der Waals surface area contributed by atoms with Crippen molar-refractivity contribution in [1.82, 2.24) is 0 Å². The zero-order valence-electron chi connectivity index (χ0n) is 10.3. The highest BCUT2D eigenvalue weighted by Gasteiger charge is 2.56. The van der Waals surface area contributed by atoms with E-state index in [0.717, 1.165) is 0 Å². The maximum Gasteiger partial charge on any atom is 0.461 e. The highest BCUT2D eigenvalue weighted by Crippen LogP contribution is 2.49. The van der Waals surface area contributed by atoms with Crippen molar-refractivity contribution < 1.29 is 18.1 Å². The first-order valence-corrected chi connectivity index (χ1v) is 5.86. The third-order valence-corrected chi connectivity index (χ3v) is 4.10. The minimum Gasteiger partial charge on any atom is -0.403 e. The van der Waals surface area contributed by atoms with Gasteiger partial charge >= 0.3 is 7.12 Å². The lowest BCUT2D eigenvalue weighted by Crippen LogP contribution is -2.41. The van der Waals surface area contributed by atoms with E-state index in [4.69, 9.17) is 9.31 Å². The standard InChI is InChI=1S/C11H19BF2O2/c1-9(2)10(3,4)16-12(15-9)8-5-6-11(13,14)7-8/h8H,5-7H2,1-4H3. The van der Waals surface area contributed by atoms with Crippen molar-refractivity contribution in [3.05, 3.63) is 0 Å². The molecule has 2 aliphatic rings. The number of halogens is 2. The Balaban J connectivity index is 2.05. The van der Waals surface area contributed by atoms with Gasteiger partial charge in [0.1, 0.15) is 0 Å². The van der Waals surface area contributed by atoms with Crippen LogP contribution in [-0.4, -0.2) is 24.2 Å². The first kappa shape index (κ1) is 12.3. The fourth-order valence-electron chi connectivity index (χ4n) is 2.30. The van der Waals surface area contributed by atoms with E-state index in [9.17, 15) is 8.78 Å². The molecule has 2 nitrogen and oxygen atoms in total. The molecule has 92 valence electrons. The molecule has 0 aromatic carbocycles. The van der Waals surface area contributed by atoms with Gasteiger partial charge in [-0.05, 0) is 39.9 Å². The van der Waals surface area contributed by atoms with Crippen molar-refractivity contribution in [1.29, 1.82) is 0 Å². The fraction of sp³-hybridized carbons (Fsp3) is 1.00. The molecule has 1 atom stereocenters. The number of hydrogen-bond donors (Lipinski definition) is 0. The summed E-state index contributed by atoms with van der Waals surface area (Å²) in [6.07, 6.45) is 0.343. The zero-order chi connectivity index (χ0) is 12.2. The molecule has 1 saturated heterocycles. The monoisotopic (exact) mass is 232 g/mol. The average Bonchev–Trinajstić information content (AvgIpc) is 2.52. The van der Waals surface area contributed by atoms with E-state index in [1.54, 1.807) is 0 Å². The number of rotatable bonds is 1. The van der Waals surface area contributed by atoms with Crippen molar-refractivity contribution in [2.24, 2.45) is 0 Å². The van der Waals surface area contributed by atoms with Crippen molar-refractivity contribution >= 4 is 7.12 Å². The summed E-state index contributed by atoms with van der Waals surface area (Å²) in [5.74, 6) is -2.70. The minimum atomic E-state index is -2.53. The molecule has 2 rings (SSSR count). The molecule has 0 spiro atoms. The Morgan fingerprint density at radius 2 is 1.56 bits per heavy atom. The van der Waals surface area contributed by atoms with Gasteiger partial charge in [-0.15, -0.1) is 0 Å². The highest BCUT2D eigenvalue weighted by molar-refractivity contribution is 6.47. The molecule has 1 aliphatic carbocycles. The van der Waals surface area contributed by atoms with Crippen LogP contribution in [0.4, 0.5) is 8.78 Å². The molecule has 16 heavy (non-hydrogen) atoms. The van der Waals surface area contributed by atoms with Gasteiger partial charge in [0.15, 0.2) is 0 Å². The van der Waals surface area contributed by atoms with Crippen LogP contribution in [0.1, 0.15) is 47.0 Å². The van der Waals surface area contributed by atoms with Gasteiger partial charge < -0.3 is 9.31 Å². The molecule has 0 N–H and O–H groups in total. The topological polar surface area (TPSA) is 18.5 Å². The Morgan fingerprint density at radius 1 is 1.06 bits per heavy atom. The summed E-state index contributed by atoms with van der Waals surface area (Å²) in [6, 6.07) is 0. The van der Waals surface area contributed by atoms with E-state index >= 15 is 0 Å². The van der Waals surface area contributed by atoms with E-state index in [0.29, 0.717) is 6.42 Å². The van der Waals surface area contributed by atoms with Gasteiger partial charge in [0.2, 0.25) is 5.92 Å². The van der Waals surface area contributed by atoms with Crippen LogP contribution >= 0.6 is 0 Å². The summed E-state index contributed by atoms with van der Waals surface area (Å²) in [6.45, 7) is 7.78. The lowest BCUT2D eigenvalue weighted by Gasteiger charge is -2.32. The normalized spacial score (nSPS) is 35.6. The fourth-order valence-corrected chi connectivity index (χ4v) is 2.30. The molecule has 0 aromatic heterocycles. The molecule has 0 bridgehead atoms. The van der Waals surface area contributed by atoms with Crippen molar-refractivity contribution in [2.75, 3.05) is 0 Å². The summed E-state index contributed by atoms with van der Waals surface area (Å²) in [7, 11) is -0.474. The Kier molecular flexibility index (Phi) is 2.63. The molecule has 1 heterocycles. The summed E-state index contributed by atoms with van der Waals surface area (Å²) in [4.78, 5) is 0. The van der Waals surface area contributed by atoms with Gasteiger partial charge in [0.05, 0.1) is 11.2 Å². The first-order chi connectivity index (χ1) is 7.13. The van der Waals surface area contributed by atoms with E-state index in [-0.39, 0.29) is 18.7 Å². The van der Waals surface area contributed by atoms with Gasteiger partial charge in [0.25, 0.3) is 0 Å². The van der Waals surface area contributed by atoms with Crippen LogP contribution in [0.15, 0.2) is 0 Å². The van der Waals surface area contributed by atoms with E-state index in [2.05, 4.69) is 0 Å². The van der Waals surface area contributed by atoms with Crippen molar-refractivity contribution in [3.8, 4) is 0 Å². The Hall–Kier alpha value is -0.155. The number of hydrogen-bond acceptors (Lipinski definition) is 2. The van der Waals surface area contributed by atoms with Crippen LogP contribution in [0.3, 0.4) is 0 Å². The van der Waals surface area contributed by atoms with Crippen molar-refractivity contribution in [2.45, 2.75) is 69.9 Å². The highest BCUT2D eigenvalue weighted by atomic mass is 19.3. The van der Waals surface area contributed by atoms with Gasteiger partial charge in [-0.1, -0.05) is 0 Å². The smallest absolute Gasteiger partial charge is 0.403 e. The molecular weight excluding hydrogens is 213 g/mol. The van der Waals surface area contributed by atoms with Crippen LogP contribution in [0.5, 0.6) is 0 Å². The van der Waals surface area contributed by atoms with E-state index in [1.165, 1.54) is 0 Å². The predicted molar refractivity (Wildman–Crippen MR) is 58.6 cm³/mol. The minimum absolute atomic E-state index is 0.0399. The largest absolute Gasteiger partial charge is 0.461 e. The summed E-state index contributed by atoms with van der Waals surface area (Å²) in [5, 5.41) is 0. The third-order valence-electron chi connectivity index (χ3n) is 4.10. The second-order valence-corrected chi connectivity index (χ2v) is 5.98. The molecule has 2 fully saturated rings. The maximum atomic E-state index is 13.1. The van der Waals surface area contributed by atoms with Crippen LogP contribution < -0.4 is 0 Å². The maximum absolute atomic E-state index is 13.1. The molecule has 1 unspecified atom stereocenters. The Bertz CT molecular complexity index is 276. The summed E-state index contributed by atoms with van der Waals surface area (Å²) < 4.78 is 37.8. The van der Waals surface area contributed by atoms with Crippen LogP contribution in [-0.2, 0) is 9.31 Å². The van der Waals surface area contributed by atoms with E-state index in [1.807, 2.05) is 27.7 Å². The Labute approximate surface area is 95.8 Å². The molecular formula is C11H19BF2O2. The summed E-state index contributed by atoms with van der Waals surface area (Å²) in [5.41, 5.74) is -0.842. The van der Waals surface area contributed by atoms with Crippen LogP contribution in [0.25, 0.3) is 0 Å². The molecule has 0 aromatic rings. The van der Waals surface area contributed by atoms with E-state index < -0.39 is 24.2 Å². The SMILES string of the molecule is CC1(C)OB(C2CCC(F)(F)C2)OC1(C)C. The molecule has 1 aliphatic heterocycles. The van der Waals surface area contributed by atoms with Crippen molar-refractivity contribution in [3.63, 3.8) is 0 Å². The first-order valence-electron chi connectivity index (χ1n) is 5.86. The lowest BCUT2D eigenvalue weighted by molar-refractivity contribution is 0.00578. The molecule has 0 radical (unpaired) electrons. The third kappa shape index (κ3) is 1.99. The van der Waals surface area contributed by atoms with Crippen LogP contribution in [0, 0.1) is 0 Å². The second-order valence-electron chi connectivity index (χ2n) is 5.98. The van der Waals surface area contributed by atoms with Gasteiger partial charge in [-0.25, -0.2) is 8.78 Å². The Morgan fingerprint density at radius 3 is 1.94 bits per heavy atom. The van der Waals surface area contributed by atoms with Gasteiger partial charge in [-0.2, -0.15) is 0 Å². The van der Waals surface area contributed by atoms with Gasteiger partial charge in [-0.3, -0.25) is 0 Å².